The van der Waals surface area contributed by atoms with Crippen LogP contribution in [0.3, 0.4) is 0 Å². The first kappa shape index (κ1) is 14.9. The Bertz CT molecular complexity index is 493. The average Bonchev–Trinajstić information content (AvgIpc) is 2.33. The molecule has 1 unspecified atom stereocenters. The quantitative estimate of drug-likeness (QED) is 0.915. The Morgan fingerprint density at radius 2 is 2.32 bits per heavy atom. The van der Waals surface area contributed by atoms with E-state index in [2.05, 4.69) is 47.2 Å². The predicted molar refractivity (Wildman–Crippen MR) is 85.1 cm³/mol. The minimum Gasteiger partial charge on any atom is -0.319 e. The zero-order valence-corrected chi connectivity index (χ0v) is 13.9. The van der Waals surface area contributed by atoms with Crippen molar-refractivity contribution in [1.29, 1.82) is 0 Å². The number of fused-ring (bicyclic) bond motifs is 1. The van der Waals surface area contributed by atoms with E-state index < -0.39 is 0 Å². The van der Waals surface area contributed by atoms with E-state index in [1.54, 1.807) is 0 Å². The molecule has 1 aromatic carbocycles. The number of thioether (sulfide) groups is 1. The number of carbonyl (C=O) groups excluding carboxylic acids is 1. The first-order chi connectivity index (χ1) is 9.02. The fourth-order valence-corrected chi connectivity index (χ4v) is 4.41. The van der Waals surface area contributed by atoms with Crippen molar-refractivity contribution in [2.24, 2.45) is 0 Å². The number of benzene rings is 1. The molecule has 1 amide bonds. The molecule has 104 valence electrons. The number of rotatable bonds is 3. The minimum atomic E-state index is 0.187. The molecule has 1 N–H and O–H groups in total. The van der Waals surface area contributed by atoms with Crippen LogP contribution in [0.4, 0.5) is 5.69 Å². The summed E-state index contributed by atoms with van der Waals surface area (Å²) in [5, 5.41) is 3.46. The number of hydrogen-bond acceptors (Lipinski definition) is 3. The Balaban J connectivity index is 2.35. The summed E-state index contributed by atoms with van der Waals surface area (Å²) in [5.74, 6) is 0.187. The molecule has 0 aliphatic carbocycles. The van der Waals surface area contributed by atoms with Crippen LogP contribution in [0.25, 0.3) is 0 Å². The number of nitrogens with zero attached hydrogens (tertiary/aromatic N) is 1. The lowest BCUT2D eigenvalue weighted by atomic mass is 10.2. The highest BCUT2D eigenvalue weighted by molar-refractivity contribution is 9.10. The van der Waals surface area contributed by atoms with Crippen LogP contribution >= 0.6 is 27.7 Å². The molecule has 0 aromatic heterocycles. The molecule has 0 bridgehead atoms. The zero-order valence-electron chi connectivity index (χ0n) is 11.5. The first-order valence-corrected chi connectivity index (χ1v) is 8.12. The average molecular weight is 343 g/mol. The molecule has 0 spiro atoms. The molecule has 1 heterocycles. The van der Waals surface area contributed by atoms with Crippen LogP contribution in [0.15, 0.2) is 21.5 Å². The van der Waals surface area contributed by atoms with Crippen molar-refractivity contribution >= 4 is 39.3 Å². The summed E-state index contributed by atoms with van der Waals surface area (Å²) in [7, 11) is 1.87. The van der Waals surface area contributed by atoms with Crippen LogP contribution in [0.1, 0.15) is 18.9 Å². The molecule has 0 saturated heterocycles. The van der Waals surface area contributed by atoms with Crippen LogP contribution in [0, 0.1) is 6.92 Å². The van der Waals surface area contributed by atoms with Crippen molar-refractivity contribution < 1.29 is 4.79 Å². The SMILES string of the molecule is CNCCC(=O)N1CC(C)Sc2cc(C)cc(Br)c21. The van der Waals surface area contributed by atoms with E-state index in [0.29, 0.717) is 11.7 Å². The third-order valence-corrected chi connectivity index (χ3v) is 4.82. The van der Waals surface area contributed by atoms with Gasteiger partial charge in [-0.25, -0.2) is 0 Å². The van der Waals surface area contributed by atoms with Gasteiger partial charge in [-0.05, 0) is 47.6 Å². The van der Waals surface area contributed by atoms with Gasteiger partial charge in [0.05, 0.1) is 5.69 Å². The summed E-state index contributed by atoms with van der Waals surface area (Å²) >= 11 is 5.45. The molecule has 1 aliphatic heterocycles. The second kappa shape index (κ2) is 6.29. The number of hydrogen-bond donors (Lipinski definition) is 1. The van der Waals surface area contributed by atoms with Gasteiger partial charge in [0, 0.05) is 34.1 Å². The summed E-state index contributed by atoms with van der Waals surface area (Å²) in [5.41, 5.74) is 2.25. The second-order valence-electron chi connectivity index (χ2n) is 4.88. The number of anilines is 1. The van der Waals surface area contributed by atoms with E-state index in [1.165, 1.54) is 10.5 Å². The summed E-state index contributed by atoms with van der Waals surface area (Å²) < 4.78 is 1.01. The largest absolute Gasteiger partial charge is 0.319 e. The number of aryl methyl sites for hydroxylation is 1. The number of nitrogens with one attached hydrogen (secondary N) is 1. The molecule has 0 radical (unpaired) electrons. The summed E-state index contributed by atoms with van der Waals surface area (Å²) in [6.45, 7) is 5.75. The molecule has 0 fully saturated rings. The molecule has 0 saturated carbocycles. The van der Waals surface area contributed by atoms with Gasteiger partial charge in [-0.1, -0.05) is 6.92 Å². The summed E-state index contributed by atoms with van der Waals surface area (Å²) in [6, 6.07) is 4.24. The van der Waals surface area contributed by atoms with Gasteiger partial charge in [0.2, 0.25) is 5.91 Å². The van der Waals surface area contributed by atoms with Gasteiger partial charge in [0.1, 0.15) is 0 Å². The lowest BCUT2D eigenvalue weighted by molar-refractivity contribution is -0.118. The fraction of sp³-hybridized carbons (Fsp3) is 0.500. The van der Waals surface area contributed by atoms with Gasteiger partial charge < -0.3 is 10.2 Å². The Morgan fingerprint density at radius 1 is 1.58 bits per heavy atom. The van der Waals surface area contributed by atoms with Crippen molar-refractivity contribution in [3.05, 3.63) is 22.2 Å². The monoisotopic (exact) mass is 342 g/mol. The van der Waals surface area contributed by atoms with Gasteiger partial charge >= 0.3 is 0 Å². The Morgan fingerprint density at radius 3 is 3.00 bits per heavy atom. The molecule has 19 heavy (non-hydrogen) atoms. The molecule has 1 aliphatic rings. The molecule has 1 aromatic rings. The molecule has 5 heteroatoms. The van der Waals surface area contributed by atoms with Crippen molar-refractivity contribution in [1.82, 2.24) is 5.32 Å². The van der Waals surface area contributed by atoms with Crippen molar-refractivity contribution in [3.63, 3.8) is 0 Å². The van der Waals surface area contributed by atoms with Crippen molar-refractivity contribution in [3.8, 4) is 0 Å². The number of carbonyl (C=O) groups is 1. The van der Waals surface area contributed by atoms with Crippen LogP contribution in [-0.4, -0.2) is 31.3 Å². The summed E-state index contributed by atoms with van der Waals surface area (Å²) in [4.78, 5) is 15.5. The minimum absolute atomic E-state index is 0.187. The standard InChI is InChI=1S/C14H19BrN2OS/c1-9-6-11(15)14-12(7-9)19-10(2)8-17(14)13(18)4-5-16-3/h6-7,10,16H,4-5,8H2,1-3H3. The van der Waals surface area contributed by atoms with E-state index in [4.69, 9.17) is 0 Å². The van der Waals surface area contributed by atoms with E-state index in [0.717, 1.165) is 23.2 Å². The topological polar surface area (TPSA) is 32.3 Å². The third kappa shape index (κ3) is 3.33. The van der Waals surface area contributed by atoms with E-state index >= 15 is 0 Å². The maximum atomic E-state index is 12.4. The Labute approximate surface area is 127 Å². The van der Waals surface area contributed by atoms with Gasteiger partial charge in [-0.3, -0.25) is 4.79 Å². The molecular weight excluding hydrogens is 324 g/mol. The lowest BCUT2D eigenvalue weighted by Gasteiger charge is -2.34. The fourth-order valence-electron chi connectivity index (χ4n) is 2.25. The van der Waals surface area contributed by atoms with E-state index in [-0.39, 0.29) is 5.91 Å². The molecular formula is C14H19BrN2OS. The summed E-state index contributed by atoms with van der Waals surface area (Å²) in [6.07, 6.45) is 0.535. The third-order valence-electron chi connectivity index (χ3n) is 3.10. The van der Waals surface area contributed by atoms with Gasteiger partial charge in [0.25, 0.3) is 0 Å². The Kier molecular flexibility index (Phi) is 4.92. The highest BCUT2D eigenvalue weighted by Gasteiger charge is 2.28. The Hall–Kier alpha value is -0.520. The maximum Gasteiger partial charge on any atom is 0.228 e. The van der Waals surface area contributed by atoms with Crippen molar-refractivity contribution in [2.75, 3.05) is 25.0 Å². The molecule has 1 atom stereocenters. The lowest BCUT2D eigenvalue weighted by Crippen LogP contribution is -2.39. The second-order valence-corrected chi connectivity index (χ2v) is 7.21. The van der Waals surface area contributed by atoms with Gasteiger partial charge in [-0.15, -0.1) is 11.8 Å². The van der Waals surface area contributed by atoms with E-state index in [1.807, 2.05) is 23.7 Å². The van der Waals surface area contributed by atoms with Crippen molar-refractivity contribution in [2.45, 2.75) is 30.4 Å². The first-order valence-electron chi connectivity index (χ1n) is 6.44. The number of halogens is 1. The predicted octanol–water partition coefficient (Wildman–Crippen LogP) is 3.19. The molecule has 3 nitrogen and oxygen atoms in total. The number of amides is 1. The molecule has 2 rings (SSSR count). The van der Waals surface area contributed by atoms with Crippen LogP contribution in [0.2, 0.25) is 0 Å². The smallest absolute Gasteiger partial charge is 0.228 e. The van der Waals surface area contributed by atoms with Gasteiger partial charge in [-0.2, -0.15) is 0 Å². The highest BCUT2D eigenvalue weighted by Crippen LogP contribution is 2.43. The van der Waals surface area contributed by atoms with Crippen LogP contribution < -0.4 is 10.2 Å². The zero-order chi connectivity index (χ0) is 14.0. The van der Waals surface area contributed by atoms with Crippen LogP contribution in [-0.2, 0) is 4.79 Å². The van der Waals surface area contributed by atoms with Gasteiger partial charge in [0.15, 0.2) is 0 Å². The van der Waals surface area contributed by atoms with E-state index in [9.17, 15) is 4.79 Å². The normalized spacial score (nSPS) is 18.3. The maximum absolute atomic E-state index is 12.4. The highest BCUT2D eigenvalue weighted by atomic mass is 79.9. The van der Waals surface area contributed by atoms with Crippen LogP contribution in [0.5, 0.6) is 0 Å².